The molecule has 3 aromatic rings. The summed E-state index contributed by atoms with van der Waals surface area (Å²) in [6, 6.07) is 15.8. The van der Waals surface area contributed by atoms with E-state index in [1.807, 2.05) is 6.07 Å². The number of nitrogens with zero attached hydrogens (tertiary/aromatic N) is 3. The number of benzene rings is 2. The summed E-state index contributed by atoms with van der Waals surface area (Å²) in [6.45, 7) is 0.797. The SMILES string of the molecule is NC(=O)C1CCN(C(=O)C[n+]2c(O)[n+](-c3ccccc3)c(O)c3ccccc32)CC1. The van der Waals surface area contributed by atoms with Crippen molar-refractivity contribution in [1.82, 2.24) is 4.90 Å². The molecule has 0 aliphatic carbocycles. The molecular formula is C22H24N4O4+2. The average Bonchev–Trinajstić information content (AvgIpc) is 2.77. The molecule has 1 fully saturated rings. The molecule has 8 nitrogen and oxygen atoms in total. The van der Waals surface area contributed by atoms with Gasteiger partial charge in [-0.05, 0) is 23.5 Å². The highest BCUT2D eigenvalue weighted by Crippen LogP contribution is 2.23. The van der Waals surface area contributed by atoms with E-state index in [0.717, 1.165) is 0 Å². The molecule has 1 aliphatic heterocycles. The van der Waals surface area contributed by atoms with Crippen LogP contribution in [0, 0.1) is 5.92 Å². The number of aromatic hydroxyl groups is 2. The van der Waals surface area contributed by atoms with Gasteiger partial charge in [0.05, 0.1) is 0 Å². The summed E-state index contributed by atoms with van der Waals surface area (Å²) in [6.07, 6.45) is 1.08. The van der Waals surface area contributed by atoms with Crippen molar-refractivity contribution >= 4 is 22.7 Å². The Morgan fingerprint density at radius 2 is 1.63 bits per heavy atom. The normalized spacial score (nSPS) is 14.7. The minimum atomic E-state index is -0.331. The van der Waals surface area contributed by atoms with Crippen molar-refractivity contribution in [3.63, 3.8) is 0 Å². The first kappa shape index (κ1) is 19.6. The molecule has 0 saturated carbocycles. The number of amides is 2. The molecule has 154 valence electrons. The Bertz CT molecular complexity index is 1110. The maximum absolute atomic E-state index is 13.0. The van der Waals surface area contributed by atoms with Gasteiger partial charge < -0.3 is 20.8 Å². The van der Waals surface area contributed by atoms with E-state index in [0.29, 0.717) is 42.5 Å². The first-order valence-electron chi connectivity index (χ1n) is 9.88. The van der Waals surface area contributed by atoms with Crippen LogP contribution in [0.2, 0.25) is 0 Å². The maximum atomic E-state index is 13.0. The molecule has 2 amide bonds. The number of para-hydroxylation sites is 2. The van der Waals surface area contributed by atoms with Gasteiger partial charge in [-0.3, -0.25) is 9.59 Å². The highest BCUT2D eigenvalue weighted by Gasteiger charge is 2.37. The minimum Gasteiger partial charge on any atom is -0.459 e. The van der Waals surface area contributed by atoms with Crippen molar-refractivity contribution in [2.75, 3.05) is 13.1 Å². The number of rotatable bonds is 4. The van der Waals surface area contributed by atoms with Crippen LogP contribution >= 0.6 is 0 Å². The van der Waals surface area contributed by atoms with Crippen LogP contribution in [-0.4, -0.2) is 40.0 Å². The number of hydrogen-bond donors (Lipinski definition) is 3. The van der Waals surface area contributed by atoms with Gasteiger partial charge in [0, 0.05) is 37.2 Å². The van der Waals surface area contributed by atoms with E-state index in [1.165, 1.54) is 9.13 Å². The number of hydrogen-bond acceptors (Lipinski definition) is 4. The van der Waals surface area contributed by atoms with Crippen LogP contribution in [0.25, 0.3) is 16.6 Å². The Labute approximate surface area is 173 Å². The van der Waals surface area contributed by atoms with E-state index >= 15 is 0 Å². The van der Waals surface area contributed by atoms with Crippen LogP contribution in [-0.2, 0) is 16.1 Å². The van der Waals surface area contributed by atoms with Crippen LogP contribution in [0.3, 0.4) is 0 Å². The predicted molar refractivity (Wildman–Crippen MR) is 108 cm³/mol. The van der Waals surface area contributed by atoms with Crippen LogP contribution in [0.1, 0.15) is 12.8 Å². The maximum Gasteiger partial charge on any atom is 0.638 e. The van der Waals surface area contributed by atoms with Crippen LogP contribution in [0.15, 0.2) is 54.6 Å². The number of fused-ring (bicyclic) bond motifs is 1. The molecule has 8 heteroatoms. The van der Waals surface area contributed by atoms with E-state index in [-0.39, 0.29) is 36.2 Å². The highest BCUT2D eigenvalue weighted by atomic mass is 16.3. The number of piperidine rings is 1. The molecule has 0 spiro atoms. The molecule has 4 N–H and O–H groups in total. The summed E-state index contributed by atoms with van der Waals surface area (Å²) < 4.78 is 2.81. The first-order valence-corrected chi connectivity index (χ1v) is 9.88. The van der Waals surface area contributed by atoms with Crippen LogP contribution in [0.4, 0.5) is 0 Å². The van der Waals surface area contributed by atoms with Crippen molar-refractivity contribution in [2.24, 2.45) is 11.7 Å². The zero-order valence-corrected chi connectivity index (χ0v) is 16.4. The smallest absolute Gasteiger partial charge is 0.459 e. The Hall–Kier alpha value is -3.68. The summed E-state index contributed by atoms with van der Waals surface area (Å²) in [5, 5.41) is 22.4. The number of carbonyl (C=O) groups is 2. The monoisotopic (exact) mass is 408 g/mol. The molecule has 0 atom stereocenters. The minimum absolute atomic E-state index is 0.0965. The Morgan fingerprint density at radius 1 is 1.00 bits per heavy atom. The van der Waals surface area contributed by atoms with Crippen molar-refractivity contribution in [1.29, 1.82) is 0 Å². The largest absolute Gasteiger partial charge is 0.638 e. The fraction of sp³-hybridized carbons (Fsp3) is 0.273. The Balaban J connectivity index is 1.72. The van der Waals surface area contributed by atoms with Crippen molar-refractivity contribution in [3.8, 4) is 17.6 Å². The zero-order valence-electron chi connectivity index (χ0n) is 16.4. The fourth-order valence-corrected chi connectivity index (χ4v) is 3.96. The molecule has 0 unspecified atom stereocenters. The zero-order chi connectivity index (χ0) is 21.3. The van der Waals surface area contributed by atoms with Gasteiger partial charge in [0.25, 0.3) is 5.91 Å². The fourth-order valence-electron chi connectivity index (χ4n) is 3.96. The van der Waals surface area contributed by atoms with Gasteiger partial charge >= 0.3 is 11.9 Å². The first-order chi connectivity index (χ1) is 14.5. The molecular weight excluding hydrogens is 384 g/mol. The third-order valence-corrected chi connectivity index (χ3v) is 5.65. The number of aromatic nitrogens is 2. The molecule has 1 aromatic heterocycles. The van der Waals surface area contributed by atoms with Gasteiger partial charge in [0.15, 0.2) is 5.39 Å². The van der Waals surface area contributed by atoms with Crippen LogP contribution in [0.5, 0.6) is 11.9 Å². The van der Waals surface area contributed by atoms with Gasteiger partial charge in [0.1, 0.15) is 0 Å². The van der Waals surface area contributed by atoms with Gasteiger partial charge in [-0.15, -0.1) is 0 Å². The second-order valence-corrected chi connectivity index (χ2v) is 7.46. The van der Waals surface area contributed by atoms with Gasteiger partial charge in [-0.25, -0.2) is 0 Å². The third kappa shape index (κ3) is 3.52. The summed E-state index contributed by atoms with van der Waals surface area (Å²) in [5.74, 6) is -0.818. The second-order valence-electron chi connectivity index (χ2n) is 7.46. The number of likely N-dealkylation sites (tertiary alicyclic amines) is 1. The molecule has 4 rings (SSSR count). The van der Waals surface area contributed by atoms with Gasteiger partial charge in [-0.1, -0.05) is 34.9 Å². The van der Waals surface area contributed by atoms with E-state index in [1.54, 1.807) is 53.4 Å². The number of primary amides is 1. The van der Waals surface area contributed by atoms with Gasteiger partial charge in [0.2, 0.25) is 23.7 Å². The molecule has 1 aliphatic rings. The lowest BCUT2D eigenvalue weighted by molar-refractivity contribution is -0.774. The summed E-state index contributed by atoms with van der Waals surface area (Å²) in [7, 11) is 0. The van der Waals surface area contributed by atoms with E-state index in [2.05, 4.69) is 0 Å². The molecule has 0 bridgehead atoms. The summed E-state index contributed by atoms with van der Waals surface area (Å²) in [5.41, 5.74) is 6.49. The average molecular weight is 408 g/mol. The van der Waals surface area contributed by atoms with Crippen molar-refractivity contribution in [3.05, 3.63) is 54.6 Å². The second kappa shape index (κ2) is 7.98. The van der Waals surface area contributed by atoms with Crippen LogP contribution < -0.4 is 14.9 Å². The lowest BCUT2D eigenvalue weighted by Gasteiger charge is -2.29. The molecule has 2 aromatic carbocycles. The van der Waals surface area contributed by atoms with E-state index < -0.39 is 0 Å². The topological polar surface area (TPSA) is 112 Å². The Morgan fingerprint density at radius 3 is 2.30 bits per heavy atom. The number of carbonyl (C=O) groups excluding carboxylic acids is 2. The third-order valence-electron chi connectivity index (χ3n) is 5.65. The van der Waals surface area contributed by atoms with Gasteiger partial charge in [-0.2, -0.15) is 0 Å². The van der Waals surface area contributed by atoms with Crippen molar-refractivity contribution in [2.45, 2.75) is 19.4 Å². The quantitative estimate of drug-likeness (QED) is 0.547. The lowest BCUT2D eigenvalue weighted by Crippen LogP contribution is -2.52. The predicted octanol–water partition coefficient (Wildman–Crippen LogP) is 0.539. The summed E-state index contributed by atoms with van der Waals surface area (Å²) in [4.78, 5) is 26.0. The molecule has 0 radical (unpaired) electrons. The van der Waals surface area contributed by atoms with E-state index in [9.17, 15) is 19.8 Å². The standard InChI is InChI=1S/C22H22N4O4/c23-20(28)15-10-12-24(13-11-15)19(27)14-25-18-9-5-4-8-17(18)21(29)26(22(25)30)16-6-2-1-3-7-16/h1-9,15H,10-14H2,(H2,23,28)/p+2. The van der Waals surface area contributed by atoms with Crippen molar-refractivity contribution < 1.29 is 28.9 Å². The molecule has 2 heterocycles. The van der Waals surface area contributed by atoms with E-state index in [4.69, 9.17) is 5.73 Å². The number of nitrogens with two attached hydrogens (primary N) is 1. The molecule has 1 saturated heterocycles. The Kier molecular flexibility index (Phi) is 5.22. The highest BCUT2D eigenvalue weighted by molar-refractivity contribution is 5.81. The molecule has 30 heavy (non-hydrogen) atoms. The summed E-state index contributed by atoms with van der Waals surface area (Å²) >= 11 is 0. The lowest BCUT2D eigenvalue weighted by atomic mass is 9.96.